The Morgan fingerprint density at radius 3 is 2.52 bits per heavy atom. The van der Waals surface area contributed by atoms with E-state index in [-0.39, 0.29) is 16.6 Å². The first kappa shape index (κ1) is 18.4. The molecule has 3 unspecified atom stereocenters. The van der Waals surface area contributed by atoms with E-state index < -0.39 is 32.0 Å². The van der Waals surface area contributed by atoms with E-state index in [1.54, 1.807) is 24.3 Å². The number of aromatic nitrogens is 2. The van der Waals surface area contributed by atoms with Crippen LogP contribution in [0.1, 0.15) is 17.4 Å². The van der Waals surface area contributed by atoms with Crippen molar-refractivity contribution in [3.05, 3.63) is 65.8 Å². The molecule has 0 saturated heterocycles. The Labute approximate surface area is 164 Å². The number of primary sulfonamides is 1. The van der Waals surface area contributed by atoms with Crippen LogP contribution in [0.5, 0.6) is 0 Å². The lowest BCUT2D eigenvalue weighted by molar-refractivity contribution is 0.377. The summed E-state index contributed by atoms with van der Waals surface area (Å²) in [6.45, 7) is 0. The molecule has 6 nitrogen and oxygen atoms in total. The van der Waals surface area contributed by atoms with E-state index in [0.29, 0.717) is 11.1 Å². The first-order valence-corrected chi connectivity index (χ1v) is 10.1. The predicted octanol–water partition coefficient (Wildman–Crippen LogP) is 3.36. The van der Waals surface area contributed by atoms with Gasteiger partial charge in [-0.1, -0.05) is 29.4 Å². The fraction of sp³-hybridized carbons (Fsp3) is 0.176. The normalized spacial score (nSPS) is 24.7. The highest BCUT2D eigenvalue weighted by Crippen LogP contribution is 2.66. The minimum absolute atomic E-state index is 0.0268. The quantitative estimate of drug-likeness (QED) is 0.643. The van der Waals surface area contributed by atoms with Crippen molar-refractivity contribution in [2.24, 2.45) is 5.14 Å². The van der Waals surface area contributed by atoms with Crippen LogP contribution in [0, 0.1) is 5.82 Å². The summed E-state index contributed by atoms with van der Waals surface area (Å²) in [5.41, 5.74) is 1.07. The molecule has 0 amide bonds. The van der Waals surface area contributed by atoms with Crippen molar-refractivity contribution in [1.82, 2.24) is 10.1 Å². The standard InChI is InChI=1S/C17H12Cl2FN3O3S/c18-14-13(16-22-15(23-26-16)9-2-1-3-11(20)8-9)17(14,19)10-4-6-12(7-5-10)27(21,24)25/h1-8,13-14H,(H2,21,24,25). The van der Waals surface area contributed by atoms with Crippen LogP contribution in [0.2, 0.25) is 0 Å². The average Bonchev–Trinajstić information content (AvgIpc) is 2.97. The zero-order valence-electron chi connectivity index (χ0n) is 13.5. The van der Waals surface area contributed by atoms with Crippen LogP contribution in [0.4, 0.5) is 4.39 Å². The van der Waals surface area contributed by atoms with E-state index in [9.17, 15) is 12.8 Å². The van der Waals surface area contributed by atoms with Crippen LogP contribution >= 0.6 is 23.2 Å². The minimum atomic E-state index is -3.80. The van der Waals surface area contributed by atoms with Gasteiger partial charge in [0, 0.05) is 5.56 Å². The van der Waals surface area contributed by atoms with Gasteiger partial charge in [0.1, 0.15) is 5.82 Å². The molecule has 10 heteroatoms. The number of hydrogen-bond acceptors (Lipinski definition) is 5. The van der Waals surface area contributed by atoms with Gasteiger partial charge in [0.05, 0.1) is 21.1 Å². The molecule has 1 fully saturated rings. The molecular weight excluding hydrogens is 416 g/mol. The van der Waals surface area contributed by atoms with E-state index in [1.165, 1.54) is 24.3 Å². The second-order valence-electron chi connectivity index (χ2n) is 6.18. The second-order valence-corrected chi connectivity index (χ2v) is 8.84. The van der Waals surface area contributed by atoms with E-state index in [4.69, 9.17) is 32.9 Å². The Morgan fingerprint density at radius 2 is 1.89 bits per heavy atom. The van der Waals surface area contributed by atoms with Crippen LogP contribution < -0.4 is 5.14 Å². The maximum absolute atomic E-state index is 13.4. The summed E-state index contributed by atoms with van der Waals surface area (Å²) in [7, 11) is -3.80. The summed E-state index contributed by atoms with van der Waals surface area (Å²) in [5, 5.41) is 8.42. The lowest BCUT2D eigenvalue weighted by Crippen LogP contribution is -2.12. The van der Waals surface area contributed by atoms with E-state index >= 15 is 0 Å². The van der Waals surface area contributed by atoms with Crippen LogP contribution in [0.15, 0.2) is 57.9 Å². The van der Waals surface area contributed by atoms with Gasteiger partial charge in [-0.2, -0.15) is 4.98 Å². The smallest absolute Gasteiger partial charge is 0.238 e. The molecule has 1 aliphatic rings. The third-order valence-corrected chi connectivity index (χ3v) is 6.78. The molecule has 3 aromatic rings. The van der Waals surface area contributed by atoms with E-state index in [1.807, 2.05) is 0 Å². The van der Waals surface area contributed by atoms with Crippen molar-refractivity contribution >= 4 is 33.2 Å². The lowest BCUT2D eigenvalue weighted by atomic mass is 10.1. The highest BCUT2D eigenvalue weighted by molar-refractivity contribution is 7.89. The van der Waals surface area contributed by atoms with Gasteiger partial charge in [0.25, 0.3) is 0 Å². The van der Waals surface area contributed by atoms with Crippen LogP contribution in [0.3, 0.4) is 0 Å². The summed E-state index contributed by atoms with van der Waals surface area (Å²) >= 11 is 13.0. The fourth-order valence-corrected chi connectivity index (χ4v) is 4.45. The monoisotopic (exact) mass is 427 g/mol. The van der Waals surface area contributed by atoms with Crippen molar-refractivity contribution in [3.8, 4) is 11.4 Å². The summed E-state index contributed by atoms with van der Waals surface area (Å²) in [4.78, 5) is 3.23. The van der Waals surface area contributed by atoms with E-state index in [0.717, 1.165) is 0 Å². The molecule has 0 bridgehead atoms. The van der Waals surface area contributed by atoms with Gasteiger partial charge in [0.15, 0.2) is 0 Å². The molecule has 3 atom stereocenters. The molecule has 0 spiro atoms. The molecule has 0 radical (unpaired) electrons. The summed E-state index contributed by atoms with van der Waals surface area (Å²) < 4.78 is 41.4. The third kappa shape index (κ3) is 3.12. The van der Waals surface area contributed by atoms with Crippen molar-refractivity contribution in [2.45, 2.75) is 21.1 Å². The highest BCUT2D eigenvalue weighted by atomic mass is 35.5. The topological polar surface area (TPSA) is 99.1 Å². The number of nitrogens with zero attached hydrogens (tertiary/aromatic N) is 2. The maximum atomic E-state index is 13.4. The molecule has 2 aromatic carbocycles. The SMILES string of the molecule is NS(=O)(=O)c1ccc(C2(Cl)C(Cl)C2c2nc(-c3cccc(F)c3)no2)cc1. The molecule has 4 rings (SSSR count). The first-order chi connectivity index (χ1) is 12.7. The molecule has 27 heavy (non-hydrogen) atoms. The van der Waals surface area contributed by atoms with Gasteiger partial charge >= 0.3 is 0 Å². The fourth-order valence-electron chi connectivity index (χ4n) is 2.97. The van der Waals surface area contributed by atoms with Gasteiger partial charge in [-0.15, -0.1) is 23.2 Å². The first-order valence-electron chi connectivity index (χ1n) is 7.77. The van der Waals surface area contributed by atoms with E-state index in [2.05, 4.69) is 10.1 Å². The van der Waals surface area contributed by atoms with Gasteiger partial charge in [-0.3, -0.25) is 0 Å². The third-order valence-electron chi connectivity index (χ3n) is 4.45. The average molecular weight is 428 g/mol. The predicted molar refractivity (Wildman–Crippen MR) is 97.4 cm³/mol. The van der Waals surface area contributed by atoms with Crippen molar-refractivity contribution < 1.29 is 17.3 Å². The van der Waals surface area contributed by atoms with Crippen LogP contribution in [-0.2, 0) is 14.9 Å². The number of hydrogen-bond donors (Lipinski definition) is 1. The maximum Gasteiger partial charge on any atom is 0.238 e. The van der Waals surface area contributed by atoms with Gasteiger partial charge in [0.2, 0.25) is 21.7 Å². The Kier molecular flexibility index (Phi) is 4.27. The Balaban J connectivity index is 1.63. The molecule has 1 heterocycles. The minimum Gasteiger partial charge on any atom is -0.339 e. The lowest BCUT2D eigenvalue weighted by Gasteiger charge is -2.09. The second kappa shape index (κ2) is 6.27. The molecule has 1 aromatic heterocycles. The number of halogens is 3. The number of rotatable bonds is 4. The zero-order chi connectivity index (χ0) is 19.4. The Morgan fingerprint density at radius 1 is 1.19 bits per heavy atom. The number of nitrogens with two attached hydrogens (primary N) is 1. The van der Waals surface area contributed by atoms with Gasteiger partial charge < -0.3 is 4.52 Å². The molecule has 140 valence electrons. The molecule has 1 aliphatic carbocycles. The number of alkyl halides is 2. The molecular formula is C17H12Cl2FN3O3S. The zero-order valence-corrected chi connectivity index (χ0v) is 15.8. The Hall–Kier alpha value is -2.00. The largest absolute Gasteiger partial charge is 0.339 e. The molecule has 0 aliphatic heterocycles. The summed E-state index contributed by atoms with van der Waals surface area (Å²) in [6.07, 6.45) is 0. The van der Waals surface area contributed by atoms with Crippen molar-refractivity contribution in [1.29, 1.82) is 0 Å². The Bertz CT molecular complexity index is 1120. The van der Waals surface area contributed by atoms with Crippen LogP contribution in [0.25, 0.3) is 11.4 Å². The van der Waals surface area contributed by atoms with Gasteiger partial charge in [-0.25, -0.2) is 17.9 Å². The van der Waals surface area contributed by atoms with Crippen LogP contribution in [-0.4, -0.2) is 23.9 Å². The summed E-state index contributed by atoms with van der Waals surface area (Å²) in [6, 6.07) is 11.6. The number of benzene rings is 2. The van der Waals surface area contributed by atoms with Crippen molar-refractivity contribution in [2.75, 3.05) is 0 Å². The molecule has 1 saturated carbocycles. The van der Waals surface area contributed by atoms with Gasteiger partial charge in [-0.05, 0) is 29.8 Å². The number of sulfonamides is 1. The highest BCUT2D eigenvalue weighted by Gasteiger charge is 2.68. The van der Waals surface area contributed by atoms with Crippen molar-refractivity contribution in [3.63, 3.8) is 0 Å². The summed E-state index contributed by atoms with van der Waals surface area (Å²) in [5.74, 6) is -0.443. The molecule has 2 N–H and O–H groups in total.